The minimum absolute atomic E-state index is 0.0848. The van der Waals surface area contributed by atoms with Crippen LogP contribution in [0.1, 0.15) is 41.8 Å². The van der Waals surface area contributed by atoms with Crippen LogP contribution in [-0.2, 0) is 6.54 Å². The second kappa shape index (κ2) is 7.64. The van der Waals surface area contributed by atoms with Gasteiger partial charge in [-0.3, -0.25) is 9.69 Å². The standard InChI is InChI=1S/C21H26N2O4/c1-25-17-7-8-19(20(12-17)26-2)21(24)22-14-10-15-5-6-16(11-14)23(15)13-18-4-3-9-27-18/h3-4,7-9,12,14-16H,5-6,10-11,13H2,1-2H3,(H,22,24)/t14?,15-,16+. The Bertz CT molecular complexity index is 775. The van der Waals surface area contributed by atoms with Gasteiger partial charge in [0.25, 0.3) is 5.91 Å². The minimum atomic E-state index is -0.0848. The average molecular weight is 370 g/mol. The molecule has 144 valence electrons. The summed E-state index contributed by atoms with van der Waals surface area (Å²) in [6, 6.07) is 10.4. The summed E-state index contributed by atoms with van der Waals surface area (Å²) in [5, 5.41) is 3.22. The topological polar surface area (TPSA) is 63.9 Å². The van der Waals surface area contributed by atoms with Crippen LogP contribution in [0.2, 0.25) is 0 Å². The van der Waals surface area contributed by atoms with Crippen LogP contribution in [0.15, 0.2) is 41.0 Å². The Morgan fingerprint density at radius 2 is 1.96 bits per heavy atom. The zero-order chi connectivity index (χ0) is 18.8. The molecule has 0 spiro atoms. The number of ether oxygens (including phenoxy) is 2. The first-order valence-corrected chi connectivity index (χ1v) is 9.49. The molecule has 4 rings (SSSR count). The molecular weight excluding hydrogens is 344 g/mol. The van der Waals surface area contributed by atoms with Gasteiger partial charge in [-0.1, -0.05) is 0 Å². The van der Waals surface area contributed by atoms with Crippen molar-refractivity contribution < 1.29 is 18.7 Å². The molecule has 1 unspecified atom stereocenters. The van der Waals surface area contributed by atoms with Crippen molar-refractivity contribution in [2.75, 3.05) is 14.2 Å². The number of nitrogens with one attached hydrogen (secondary N) is 1. The van der Waals surface area contributed by atoms with E-state index in [9.17, 15) is 4.79 Å². The minimum Gasteiger partial charge on any atom is -0.497 e. The van der Waals surface area contributed by atoms with Crippen molar-refractivity contribution in [3.63, 3.8) is 0 Å². The Hall–Kier alpha value is -2.47. The molecule has 2 aliphatic heterocycles. The molecule has 1 N–H and O–H groups in total. The lowest BCUT2D eigenvalue weighted by atomic mass is 9.96. The highest BCUT2D eigenvalue weighted by Gasteiger charge is 2.41. The smallest absolute Gasteiger partial charge is 0.255 e. The van der Waals surface area contributed by atoms with E-state index in [2.05, 4.69) is 10.2 Å². The van der Waals surface area contributed by atoms with Crippen LogP contribution in [0.25, 0.3) is 0 Å². The summed E-state index contributed by atoms with van der Waals surface area (Å²) in [6.45, 7) is 0.856. The van der Waals surface area contributed by atoms with Gasteiger partial charge in [0.2, 0.25) is 0 Å². The zero-order valence-electron chi connectivity index (χ0n) is 15.8. The molecule has 3 heterocycles. The van der Waals surface area contributed by atoms with Gasteiger partial charge in [-0.05, 0) is 49.9 Å². The second-order valence-electron chi connectivity index (χ2n) is 7.34. The van der Waals surface area contributed by atoms with Crippen LogP contribution in [0.3, 0.4) is 0 Å². The molecule has 0 radical (unpaired) electrons. The first-order chi connectivity index (χ1) is 13.2. The number of nitrogens with zero attached hydrogens (tertiary/aromatic N) is 1. The quantitative estimate of drug-likeness (QED) is 0.846. The molecule has 1 aromatic heterocycles. The lowest BCUT2D eigenvalue weighted by Gasteiger charge is -2.38. The van der Waals surface area contributed by atoms with Gasteiger partial charge in [-0.15, -0.1) is 0 Å². The van der Waals surface area contributed by atoms with Gasteiger partial charge in [0.1, 0.15) is 17.3 Å². The van der Waals surface area contributed by atoms with Gasteiger partial charge >= 0.3 is 0 Å². The van der Waals surface area contributed by atoms with Gasteiger partial charge in [-0.2, -0.15) is 0 Å². The van der Waals surface area contributed by atoms with Crippen molar-refractivity contribution in [3.05, 3.63) is 47.9 Å². The second-order valence-corrected chi connectivity index (χ2v) is 7.34. The molecular formula is C21H26N2O4. The predicted molar refractivity (Wildman–Crippen MR) is 101 cm³/mol. The molecule has 6 nitrogen and oxygen atoms in total. The van der Waals surface area contributed by atoms with E-state index in [0.717, 1.165) is 25.1 Å². The van der Waals surface area contributed by atoms with Crippen LogP contribution in [0.5, 0.6) is 11.5 Å². The highest BCUT2D eigenvalue weighted by atomic mass is 16.5. The predicted octanol–water partition coefficient (Wildman–Crippen LogP) is 3.22. The molecule has 27 heavy (non-hydrogen) atoms. The molecule has 2 bridgehead atoms. The summed E-state index contributed by atoms with van der Waals surface area (Å²) < 4.78 is 16.1. The number of amides is 1. The van der Waals surface area contributed by atoms with E-state index in [1.807, 2.05) is 12.1 Å². The third kappa shape index (κ3) is 3.67. The summed E-state index contributed by atoms with van der Waals surface area (Å²) in [7, 11) is 3.17. The molecule has 0 saturated carbocycles. The van der Waals surface area contributed by atoms with Crippen molar-refractivity contribution >= 4 is 5.91 Å². The van der Waals surface area contributed by atoms with E-state index in [0.29, 0.717) is 29.1 Å². The maximum absolute atomic E-state index is 12.8. The number of furan rings is 1. The fourth-order valence-electron chi connectivity index (χ4n) is 4.48. The molecule has 3 atom stereocenters. The molecule has 6 heteroatoms. The molecule has 1 amide bonds. The monoisotopic (exact) mass is 370 g/mol. The first kappa shape index (κ1) is 17.9. The van der Waals surface area contributed by atoms with Crippen LogP contribution >= 0.6 is 0 Å². The van der Waals surface area contributed by atoms with Crippen molar-refractivity contribution in [2.45, 2.75) is 50.4 Å². The zero-order valence-corrected chi connectivity index (χ0v) is 15.8. The van der Waals surface area contributed by atoms with E-state index < -0.39 is 0 Å². The number of carbonyl (C=O) groups is 1. The number of hydrogen-bond acceptors (Lipinski definition) is 5. The molecule has 2 aromatic rings. The average Bonchev–Trinajstić information content (AvgIpc) is 3.27. The van der Waals surface area contributed by atoms with E-state index in [1.165, 1.54) is 12.8 Å². The number of fused-ring (bicyclic) bond motifs is 2. The number of hydrogen-bond donors (Lipinski definition) is 1. The van der Waals surface area contributed by atoms with Gasteiger partial charge in [0, 0.05) is 24.2 Å². The maximum atomic E-state index is 12.8. The Morgan fingerprint density at radius 3 is 2.59 bits per heavy atom. The highest BCUT2D eigenvalue weighted by molar-refractivity contribution is 5.97. The lowest BCUT2D eigenvalue weighted by Crippen LogP contribution is -2.49. The Labute approximate surface area is 159 Å². The van der Waals surface area contributed by atoms with Gasteiger partial charge in [0.05, 0.1) is 32.6 Å². The molecule has 2 aliphatic rings. The van der Waals surface area contributed by atoms with E-state index in [1.54, 1.807) is 38.7 Å². The maximum Gasteiger partial charge on any atom is 0.255 e. The molecule has 1 aromatic carbocycles. The number of methoxy groups -OCH3 is 2. The number of rotatable bonds is 6. The van der Waals surface area contributed by atoms with Gasteiger partial charge in [-0.25, -0.2) is 0 Å². The van der Waals surface area contributed by atoms with Crippen molar-refractivity contribution in [1.82, 2.24) is 10.2 Å². The summed E-state index contributed by atoms with van der Waals surface area (Å²) >= 11 is 0. The Balaban J connectivity index is 1.41. The number of benzene rings is 1. The van der Waals surface area contributed by atoms with Crippen LogP contribution in [0, 0.1) is 0 Å². The SMILES string of the molecule is COc1ccc(C(=O)NC2C[C@H]3CC[C@@H](C2)N3Cc2ccco2)c(OC)c1. The fourth-order valence-corrected chi connectivity index (χ4v) is 4.48. The van der Waals surface area contributed by atoms with Crippen molar-refractivity contribution in [3.8, 4) is 11.5 Å². The highest BCUT2D eigenvalue weighted by Crippen LogP contribution is 2.37. The Morgan fingerprint density at radius 1 is 1.19 bits per heavy atom. The summed E-state index contributed by atoms with van der Waals surface area (Å²) in [5.74, 6) is 2.13. The van der Waals surface area contributed by atoms with Crippen molar-refractivity contribution in [1.29, 1.82) is 0 Å². The molecule has 0 aliphatic carbocycles. The van der Waals surface area contributed by atoms with Crippen LogP contribution in [0.4, 0.5) is 0 Å². The van der Waals surface area contributed by atoms with Gasteiger partial charge in [0.15, 0.2) is 0 Å². The molecule has 2 fully saturated rings. The normalized spacial score (nSPS) is 24.6. The van der Waals surface area contributed by atoms with Gasteiger partial charge < -0.3 is 19.2 Å². The lowest BCUT2D eigenvalue weighted by molar-refractivity contribution is 0.0803. The third-order valence-corrected chi connectivity index (χ3v) is 5.79. The number of piperidine rings is 1. The first-order valence-electron chi connectivity index (χ1n) is 9.49. The molecule has 2 saturated heterocycles. The largest absolute Gasteiger partial charge is 0.497 e. The van der Waals surface area contributed by atoms with E-state index in [-0.39, 0.29) is 11.9 Å². The summed E-state index contributed by atoms with van der Waals surface area (Å²) in [6.07, 6.45) is 6.04. The van der Waals surface area contributed by atoms with Crippen molar-refractivity contribution in [2.24, 2.45) is 0 Å². The van der Waals surface area contributed by atoms with E-state index in [4.69, 9.17) is 13.9 Å². The van der Waals surface area contributed by atoms with E-state index >= 15 is 0 Å². The van der Waals surface area contributed by atoms with Crippen LogP contribution in [-0.4, -0.2) is 43.2 Å². The number of carbonyl (C=O) groups excluding carboxylic acids is 1. The summed E-state index contributed by atoms with van der Waals surface area (Å²) in [4.78, 5) is 15.3. The third-order valence-electron chi connectivity index (χ3n) is 5.79. The van der Waals surface area contributed by atoms with Crippen LogP contribution < -0.4 is 14.8 Å². The summed E-state index contributed by atoms with van der Waals surface area (Å²) in [5.41, 5.74) is 0.545. The fraction of sp³-hybridized carbons (Fsp3) is 0.476. The Kier molecular flexibility index (Phi) is 5.07.